The van der Waals surface area contributed by atoms with Gasteiger partial charge in [-0.2, -0.15) is 0 Å². The van der Waals surface area contributed by atoms with Crippen LogP contribution >= 0.6 is 34.8 Å². The highest BCUT2D eigenvalue weighted by atomic mass is 35.5. The number of unbranched alkanes of at least 4 members (excludes halogenated alkanes) is 1. The average Bonchev–Trinajstić information content (AvgIpc) is 2.75. The summed E-state index contributed by atoms with van der Waals surface area (Å²) in [5.74, 6) is -0.909. The lowest BCUT2D eigenvalue weighted by atomic mass is 10.1. The van der Waals surface area contributed by atoms with Crippen molar-refractivity contribution < 1.29 is 18.0 Å². The van der Waals surface area contributed by atoms with Crippen LogP contribution < -0.4 is 9.62 Å². The number of sulfonamides is 1. The Morgan fingerprint density at radius 3 is 2.32 bits per heavy atom. The molecular weight excluding hydrogens is 521 g/mol. The smallest absolute Gasteiger partial charge is 0.244 e. The first-order valence-electron chi connectivity index (χ1n) is 10.7. The Kier molecular flexibility index (Phi) is 10.5. The van der Waals surface area contributed by atoms with Crippen LogP contribution in [0.4, 0.5) is 5.69 Å². The number of carbonyl (C=O) groups excluding carboxylic acids is 2. The summed E-state index contributed by atoms with van der Waals surface area (Å²) in [6, 6.07) is 10.4. The van der Waals surface area contributed by atoms with Crippen LogP contribution in [0, 0.1) is 0 Å². The van der Waals surface area contributed by atoms with E-state index in [1.54, 1.807) is 31.2 Å². The summed E-state index contributed by atoms with van der Waals surface area (Å²) in [5.41, 5.74) is 0.814. The second kappa shape index (κ2) is 12.6. The Balaban J connectivity index is 2.38. The Morgan fingerprint density at radius 1 is 1.06 bits per heavy atom. The number of carbonyl (C=O) groups is 2. The molecule has 7 nitrogen and oxygen atoms in total. The van der Waals surface area contributed by atoms with Crippen molar-refractivity contribution in [1.29, 1.82) is 0 Å². The molecule has 186 valence electrons. The predicted molar refractivity (Wildman–Crippen MR) is 138 cm³/mol. The summed E-state index contributed by atoms with van der Waals surface area (Å²) in [5, 5.41) is 3.71. The van der Waals surface area contributed by atoms with Crippen molar-refractivity contribution in [2.75, 3.05) is 23.7 Å². The molecule has 0 aliphatic heterocycles. The Bertz CT molecular complexity index is 1130. The van der Waals surface area contributed by atoms with Gasteiger partial charge in [0.15, 0.2) is 0 Å². The number of rotatable bonds is 11. The molecule has 0 saturated carbocycles. The number of anilines is 1. The van der Waals surface area contributed by atoms with E-state index in [1.165, 1.54) is 23.1 Å². The van der Waals surface area contributed by atoms with Gasteiger partial charge in [0, 0.05) is 23.1 Å². The van der Waals surface area contributed by atoms with Crippen LogP contribution in [0.2, 0.25) is 15.1 Å². The normalized spacial score (nSPS) is 12.2. The van der Waals surface area contributed by atoms with Gasteiger partial charge in [0.1, 0.15) is 12.6 Å². The molecule has 11 heteroatoms. The monoisotopic (exact) mass is 547 g/mol. The average molecular weight is 549 g/mol. The molecule has 2 amide bonds. The largest absolute Gasteiger partial charge is 0.354 e. The number of hydrogen-bond acceptors (Lipinski definition) is 4. The van der Waals surface area contributed by atoms with Gasteiger partial charge in [0.05, 0.1) is 17.0 Å². The maximum atomic E-state index is 13.5. The molecular formula is C23H28Cl3N3O4S. The predicted octanol–water partition coefficient (Wildman–Crippen LogP) is 4.75. The molecule has 0 aromatic heterocycles. The zero-order chi connectivity index (χ0) is 25.5. The Morgan fingerprint density at radius 2 is 1.74 bits per heavy atom. The molecule has 2 aromatic carbocycles. The van der Waals surface area contributed by atoms with Gasteiger partial charge in [0.2, 0.25) is 21.8 Å². The first kappa shape index (κ1) is 28.2. The summed E-state index contributed by atoms with van der Waals surface area (Å²) >= 11 is 18.3. The summed E-state index contributed by atoms with van der Waals surface area (Å²) in [6.45, 7) is 3.60. The van der Waals surface area contributed by atoms with Crippen LogP contribution in [0.5, 0.6) is 0 Å². The summed E-state index contributed by atoms with van der Waals surface area (Å²) < 4.78 is 26.1. The fraction of sp³-hybridized carbons (Fsp3) is 0.391. The number of halogens is 3. The van der Waals surface area contributed by atoms with Crippen LogP contribution in [-0.2, 0) is 26.2 Å². The third-order valence-electron chi connectivity index (χ3n) is 5.10. The highest BCUT2D eigenvalue weighted by Crippen LogP contribution is 2.30. The molecule has 0 aliphatic rings. The molecule has 0 fully saturated rings. The van der Waals surface area contributed by atoms with Gasteiger partial charge < -0.3 is 10.2 Å². The molecule has 34 heavy (non-hydrogen) atoms. The van der Waals surface area contributed by atoms with E-state index in [9.17, 15) is 18.0 Å². The van der Waals surface area contributed by atoms with Crippen molar-refractivity contribution in [3.05, 3.63) is 63.1 Å². The minimum absolute atomic E-state index is 0.0632. The van der Waals surface area contributed by atoms with Crippen LogP contribution in [-0.4, -0.2) is 50.5 Å². The van der Waals surface area contributed by atoms with Gasteiger partial charge in [-0.15, -0.1) is 0 Å². The molecule has 1 atom stereocenters. The molecule has 0 heterocycles. The molecule has 0 radical (unpaired) electrons. The minimum atomic E-state index is -3.89. The molecule has 0 bridgehead atoms. The van der Waals surface area contributed by atoms with E-state index in [1.807, 2.05) is 6.92 Å². The second-order valence-electron chi connectivity index (χ2n) is 7.84. The summed E-state index contributed by atoms with van der Waals surface area (Å²) in [6.07, 6.45) is 2.69. The highest BCUT2D eigenvalue weighted by molar-refractivity contribution is 7.92. The molecule has 0 spiro atoms. The second-order valence-corrected chi connectivity index (χ2v) is 11.0. The number of nitrogens with one attached hydrogen (secondary N) is 1. The standard InChI is InChI=1S/C23H28Cl3N3O4S/c1-4-5-11-27-23(31)16(2)28(14-17-7-6-8-18(24)12-17)22(30)15-29(34(3,32)33)21-10-9-19(25)13-20(21)26/h6-10,12-13,16H,4-5,11,14-15H2,1-3H3,(H,27,31). The topological polar surface area (TPSA) is 86.8 Å². The summed E-state index contributed by atoms with van der Waals surface area (Å²) in [4.78, 5) is 27.5. The van der Waals surface area contributed by atoms with Gasteiger partial charge >= 0.3 is 0 Å². The number of nitrogens with zero attached hydrogens (tertiary/aromatic N) is 2. The lowest BCUT2D eigenvalue weighted by Gasteiger charge is -2.31. The fourth-order valence-electron chi connectivity index (χ4n) is 3.23. The van der Waals surface area contributed by atoms with Crippen LogP contribution in [0.15, 0.2) is 42.5 Å². The zero-order valence-electron chi connectivity index (χ0n) is 19.2. The SMILES string of the molecule is CCCCNC(=O)C(C)N(Cc1cccc(Cl)c1)C(=O)CN(c1ccc(Cl)cc1Cl)S(C)(=O)=O. The third kappa shape index (κ3) is 8.05. The van der Waals surface area contributed by atoms with Crippen LogP contribution in [0.3, 0.4) is 0 Å². The third-order valence-corrected chi connectivity index (χ3v) is 7.00. The quantitative estimate of drug-likeness (QED) is 0.411. The van der Waals surface area contributed by atoms with Crippen LogP contribution in [0.25, 0.3) is 0 Å². The maximum Gasteiger partial charge on any atom is 0.244 e. The van der Waals surface area contributed by atoms with Crippen molar-refractivity contribution in [2.24, 2.45) is 0 Å². The molecule has 1 N–H and O–H groups in total. The highest BCUT2D eigenvalue weighted by Gasteiger charge is 2.30. The van der Waals surface area contributed by atoms with Gasteiger partial charge in [-0.05, 0) is 49.2 Å². The lowest BCUT2D eigenvalue weighted by Crippen LogP contribution is -2.51. The van der Waals surface area contributed by atoms with Crippen LogP contribution in [0.1, 0.15) is 32.3 Å². The first-order chi connectivity index (χ1) is 15.9. The van der Waals surface area contributed by atoms with E-state index in [4.69, 9.17) is 34.8 Å². The molecule has 1 unspecified atom stereocenters. The van der Waals surface area contributed by atoms with E-state index < -0.39 is 28.5 Å². The van der Waals surface area contributed by atoms with Crippen molar-refractivity contribution in [3.8, 4) is 0 Å². The fourth-order valence-corrected chi connectivity index (χ4v) is 4.86. The van der Waals surface area contributed by atoms with E-state index in [2.05, 4.69) is 5.32 Å². The van der Waals surface area contributed by atoms with E-state index in [0.717, 1.165) is 23.4 Å². The van der Waals surface area contributed by atoms with Gasteiger partial charge in [-0.25, -0.2) is 8.42 Å². The number of benzene rings is 2. The molecule has 2 aromatic rings. The molecule has 0 aliphatic carbocycles. The Labute approximate surface area is 216 Å². The first-order valence-corrected chi connectivity index (χ1v) is 13.7. The maximum absolute atomic E-state index is 13.5. The van der Waals surface area contributed by atoms with Crippen molar-refractivity contribution in [2.45, 2.75) is 39.3 Å². The minimum Gasteiger partial charge on any atom is -0.354 e. The van der Waals surface area contributed by atoms with Crippen molar-refractivity contribution >= 4 is 62.3 Å². The van der Waals surface area contributed by atoms with Crippen molar-refractivity contribution in [1.82, 2.24) is 10.2 Å². The molecule has 2 rings (SSSR count). The van der Waals surface area contributed by atoms with Gasteiger partial charge in [-0.3, -0.25) is 13.9 Å². The van der Waals surface area contributed by atoms with E-state index in [0.29, 0.717) is 22.2 Å². The zero-order valence-corrected chi connectivity index (χ0v) is 22.3. The Hall–Kier alpha value is -2.00. The lowest BCUT2D eigenvalue weighted by molar-refractivity contribution is -0.139. The van der Waals surface area contributed by atoms with Gasteiger partial charge in [-0.1, -0.05) is 60.3 Å². The summed E-state index contributed by atoms with van der Waals surface area (Å²) in [7, 11) is -3.89. The van der Waals surface area contributed by atoms with E-state index >= 15 is 0 Å². The number of amides is 2. The van der Waals surface area contributed by atoms with E-state index in [-0.39, 0.29) is 23.2 Å². The van der Waals surface area contributed by atoms with Crippen molar-refractivity contribution in [3.63, 3.8) is 0 Å². The van der Waals surface area contributed by atoms with Gasteiger partial charge in [0.25, 0.3) is 0 Å². The molecule has 0 saturated heterocycles. The number of hydrogen-bond donors (Lipinski definition) is 1.